The Kier molecular flexibility index (Phi) is 11.8. The number of hydrogen-bond acceptors (Lipinski definition) is 9. The Morgan fingerprint density at radius 1 is 1.13 bits per heavy atom. The van der Waals surface area contributed by atoms with Gasteiger partial charge in [0.25, 0.3) is 11.8 Å². The van der Waals surface area contributed by atoms with Crippen LogP contribution in [0.5, 0.6) is 0 Å². The Bertz CT molecular complexity index is 1530. The molecule has 2 saturated heterocycles. The van der Waals surface area contributed by atoms with Crippen molar-refractivity contribution in [3.63, 3.8) is 0 Å². The van der Waals surface area contributed by atoms with Crippen LogP contribution in [-0.2, 0) is 30.3 Å². The molecule has 47 heavy (non-hydrogen) atoms. The summed E-state index contributed by atoms with van der Waals surface area (Å²) >= 11 is 7.13. The molecule has 2 aromatic rings. The minimum Gasteiger partial charge on any atom is -0.442 e. The molecule has 3 aliphatic rings. The molecule has 0 spiro atoms. The topological polar surface area (TPSA) is 152 Å². The van der Waals surface area contributed by atoms with Crippen molar-refractivity contribution < 1.29 is 33.4 Å². The molecule has 3 heterocycles. The Morgan fingerprint density at radius 2 is 1.94 bits per heavy atom. The molecule has 2 aliphatic heterocycles. The van der Waals surface area contributed by atoms with Gasteiger partial charge in [0.2, 0.25) is 11.8 Å². The molecule has 1 aromatic carbocycles. The number of nitrogens with one attached hydrogen (secondary N) is 1. The number of unbranched alkanes of at least 4 members (excludes halogenated alkanes) is 1. The van der Waals surface area contributed by atoms with Gasteiger partial charge in [-0.05, 0) is 49.5 Å². The van der Waals surface area contributed by atoms with Crippen LogP contribution in [0.2, 0.25) is 4.34 Å². The summed E-state index contributed by atoms with van der Waals surface area (Å²) < 4.78 is 11.2. The molecule has 1 aliphatic carbocycles. The van der Waals surface area contributed by atoms with Gasteiger partial charge in [-0.3, -0.25) is 29.0 Å². The van der Waals surface area contributed by atoms with E-state index in [0.29, 0.717) is 54.6 Å². The molecule has 5 rings (SSSR count). The van der Waals surface area contributed by atoms with E-state index in [-0.39, 0.29) is 44.0 Å². The third-order valence-corrected chi connectivity index (χ3v) is 9.35. The van der Waals surface area contributed by atoms with Crippen molar-refractivity contribution in [1.29, 1.82) is 0 Å². The molecule has 5 amide bonds. The van der Waals surface area contributed by atoms with Crippen LogP contribution >= 0.6 is 22.9 Å². The summed E-state index contributed by atoms with van der Waals surface area (Å²) in [5.74, 6) is -1.31. The largest absolute Gasteiger partial charge is 0.442 e. The lowest BCUT2D eigenvalue weighted by Crippen LogP contribution is -2.44. The Balaban J connectivity index is 1.13. The van der Waals surface area contributed by atoms with E-state index in [1.807, 2.05) is 48.6 Å². The van der Waals surface area contributed by atoms with Gasteiger partial charge in [-0.25, -0.2) is 4.79 Å². The number of thiophene rings is 1. The first kappa shape index (κ1) is 34.3. The molecule has 1 aromatic heterocycles. The quantitative estimate of drug-likeness (QED) is 0.306. The minimum atomic E-state index is -0.726. The van der Waals surface area contributed by atoms with E-state index in [2.05, 4.69) is 5.32 Å². The van der Waals surface area contributed by atoms with E-state index in [0.717, 1.165) is 27.5 Å². The van der Waals surface area contributed by atoms with Crippen molar-refractivity contribution in [3.8, 4) is 0 Å². The number of cyclic esters (lactones) is 1. The van der Waals surface area contributed by atoms with Gasteiger partial charge in [0, 0.05) is 25.2 Å². The van der Waals surface area contributed by atoms with Gasteiger partial charge >= 0.3 is 6.09 Å². The van der Waals surface area contributed by atoms with Gasteiger partial charge in [-0.2, -0.15) is 0 Å². The molecular formula is C33H38ClN5O7S. The normalized spacial score (nSPS) is 20.1. The summed E-state index contributed by atoms with van der Waals surface area (Å²) in [4.78, 5) is 69.0. The van der Waals surface area contributed by atoms with Crippen molar-refractivity contribution in [1.82, 2.24) is 20.0 Å². The number of ether oxygens (including phenoxy) is 2. The van der Waals surface area contributed by atoms with Gasteiger partial charge in [0.1, 0.15) is 12.7 Å². The van der Waals surface area contributed by atoms with Crippen molar-refractivity contribution in [2.75, 3.05) is 39.4 Å². The van der Waals surface area contributed by atoms with Crippen LogP contribution in [0.1, 0.15) is 40.9 Å². The van der Waals surface area contributed by atoms with Crippen molar-refractivity contribution in [2.24, 2.45) is 5.73 Å². The number of halogens is 1. The number of carbonyl (C=O) groups is 5. The molecule has 2 fully saturated rings. The highest BCUT2D eigenvalue weighted by Crippen LogP contribution is 2.27. The summed E-state index contributed by atoms with van der Waals surface area (Å²) in [5.41, 5.74) is 7.78. The maximum absolute atomic E-state index is 13.4. The standard InChI is InChI=1S/C33H38ClN5O7S/c34-28-14-13-27(47-28)32(43)39(29(40)8-4-5-15-36-31(42)26(35)18-22-6-2-1-3-7-22)20-25-19-38(33(44)46-25)24-11-9-23(10-12-24)37-16-17-45-21-30(37)41/h1-3,6-7,9-11,13-14,24-26H,4-5,8,12,15-21,35H2,(H,36,42). The predicted molar refractivity (Wildman–Crippen MR) is 175 cm³/mol. The van der Waals surface area contributed by atoms with Crippen LogP contribution in [0.3, 0.4) is 0 Å². The SMILES string of the molecule is NC(Cc1ccccc1)C(=O)NCCCCC(=O)N(CC1CN(C2C=CC(N3CCOCC3=O)=CC2)C(=O)O1)C(=O)c1ccc(Cl)s1. The van der Waals surface area contributed by atoms with E-state index in [4.69, 9.17) is 26.8 Å². The average molecular weight is 684 g/mol. The van der Waals surface area contributed by atoms with Gasteiger partial charge < -0.3 is 25.4 Å². The number of allylic oxidation sites excluding steroid dienone is 1. The van der Waals surface area contributed by atoms with Crippen LogP contribution in [0.15, 0.2) is 66.4 Å². The second-order valence-corrected chi connectivity index (χ2v) is 13.2. The first-order valence-corrected chi connectivity index (χ1v) is 16.8. The Hall–Kier alpha value is -4.04. The molecule has 14 heteroatoms. The molecule has 12 nitrogen and oxygen atoms in total. The number of amides is 5. The first-order chi connectivity index (χ1) is 22.7. The molecular weight excluding hydrogens is 646 g/mol. The number of carbonyl (C=O) groups excluding carboxylic acids is 5. The minimum absolute atomic E-state index is 0.0425. The van der Waals surface area contributed by atoms with E-state index >= 15 is 0 Å². The highest BCUT2D eigenvalue weighted by Gasteiger charge is 2.39. The molecule has 3 unspecified atom stereocenters. The fraction of sp³-hybridized carbons (Fsp3) is 0.424. The number of rotatable bonds is 13. The van der Waals surface area contributed by atoms with Crippen molar-refractivity contribution in [2.45, 2.75) is 50.3 Å². The summed E-state index contributed by atoms with van der Waals surface area (Å²) in [6.45, 7) is 1.39. The Morgan fingerprint density at radius 3 is 2.64 bits per heavy atom. The molecule has 3 atom stereocenters. The molecule has 3 N–H and O–H groups in total. The van der Waals surface area contributed by atoms with Crippen LogP contribution in [0.4, 0.5) is 4.79 Å². The number of imide groups is 1. The van der Waals surface area contributed by atoms with E-state index in [9.17, 15) is 24.0 Å². The highest BCUT2D eigenvalue weighted by atomic mass is 35.5. The zero-order valence-electron chi connectivity index (χ0n) is 25.8. The van der Waals surface area contributed by atoms with E-state index in [1.54, 1.807) is 21.9 Å². The second-order valence-electron chi connectivity index (χ2n) is 11.5. The van der Waals surface area contributed by atoms with Crippen molar-refractivity contribution >= 4 is 52.7 Å². The monoisotopic (exact) mass is 683 g/mol. The lowest BCUT2D eigenvalue weighted by molar-refractivity contribution is -0.139. The molecule has 0 saturated carbocycles. The number of nitrogens with two attached hydrogens (primary N) is 1. The summed E-state index contributed by atoms with van der Waals surface area (Å²) in [6, 6.07) is 11.7. The zero-order valence-corrected chi connectivity index (χ0v) is 27.4. The number of morpholine rings is 1. The van der Waals surface area contributed by atoms with E-state index < -0.39 is 30.1 Å². The van der Waals surface area contributed by atoms with Crippen LogP contribution in [-0.4, -0.2) is 102 Å². The van der Waals surface area contributed by atoms with Gasteiger partial charge in [-0.1, -0.05) is 54.1 Å². The molecule has 0 bridgehead atoms. The summed E-state index contributed by atoms with van der Waals surface area (Å²) in [7, 11) is 0. The lowest BCUT2D eigenvalue weighted by Gasteiger charge is -2.31. The Labute approximate surface area is 282 Å². The fourth-order valence-electron chi connectivity index (χ4n) is 5.63. The zero-order chi connectivity index (χ0) is 33.3. The number of nitrogens with zero attached hydrogens (tertiary/aromatic N) is 3. The molecule has 0 radical (unpaired) electrons. The number of benzene rings is 1. The first-order valence-electron chi connectivity index (χ1n) is 15.6. The third-order valence-electron chi connectivity index (χ3n) is 8.13. The highest BCUT2D eigenvalue weighted by molar-refractivity contribution is 7.18. The second kappa shape index (κ2) is 16.2. The predicted octanol–water partition coefficient (Wildman–Crippen LogP) is 3.12. The maximum Gasteiger partial charge on any atom is 0.410 e. The molecule has 250 valence electrons. The lowest BCUT2D eigenvalue weighted by atomic mass is 10.0. The number of hydrogen-bond donors (Lipinski definition) is 2. The average Bonchev–Trinajstić information content (AvgIpc) is 3.68. The van der Waals surface area contributed by atoms with Gasteiger partial charge in [0.15, 0.2) is 0 Å². The smallest absolute Gasteiger partial charge is 0.410 e. The fourth-order valence-corrected chi connectivity index (χ4v) is 6.62. The maximum atomic E-state index is 13.4. The van der Waals surface area contributed by atoms with Crippen LogP contribution < -0.4 is 11.1 Å². The summed E-state index contributed by atoms with van der Waals surface area (Å²) in [5, 5.41) is 2.81. The van der Waals surface area contributed by atoms with Gasteiger partial charge in [0.05, 0.1) is 41.0 Å². The summed E-state index contributed by atoms with van der Waals surface area (Å²) in [6.07, 6.45) is 6.21. The van der Waals surface area contributed by atoms with E-state index in [1.165, 1.54) is 0 Å². The van der Waals surface area contributed by atoms with Crippen LogP contribution in [0.25, 0.3) is 0 Å². The van der Waals surface area contributed by atoms with Crippen molar-refractivity contribution in [3.05, 3.63) is 81.2 Å². The third kappa shape index (κ3) is 9.07. The van der Waals surface area contributed by atoms with Gasteiger partial charge in [-0.15, -0.1) is 11.3 Å². The van der Waals surface area contributed by atoms with Crippen LogP contribution in [0, 0.1) is 0 Å².